The van der Waals surface area contributed by atoms with Gasteiger partial charge in [-0.1, -0.05) is 12.1 Å². The van der Waals surface area contributed by atoms with Gasteiger partial charge in [-0.15, -0.1) is 0 Å². The first-order valence-corrected chi connectivity index (χ1v) is 6.03. The third kappa shape index (κ3) is 3.27. The van der Waals surface area contributed by atoms with Gasteiger partial charge in [0.25, 0.3) is 5.69 Å². The van der Waals surface area contributed by atoms with Crippen LogP contribution in [0.3, 0.4) is 0 Å². The fourth-order valence-corrected chi connectivity index (χ4v) is 1.69. The van der Waals surface area contributed by atoms with E-state index >= 15 is 0 Å². The molecule has 0 fully saturated rings. The highest BCUT2D eigenvalue weighted by Gasteiger charge is 2.05. The Morgan fingerprint density at radius 2 is 2.17 bits per heavy atom. The number of hydrogen-bond acceptors (Lipinski definition) is 4. The molecule has 18 heavy (non-hydrogen) atoms. The minimum absolute atomic E-state index is 0.0954. The van der Waals surface area contributed by atoms with Crippen molar-refractivity contribution >= 4 is 27.4 Å². The van der Waals surface area contributed by atoms with Gasteiger partial charge < -0.3 is 5.32 Å². The number of nitrogens with one attached hydrogen (secondary N) is 1. The predicted molar refractivity (Wildman–Crippen MR) is 72.4 cm³/mol. The Kier molecular flexibility index (Phi) is 3.88. The third-order valence-electron chi connectivity index (χ3n) is 2.32. The molecule has 0 radical (unpaired) electrons. The summed E-state index contributed by atoms with van der Waals surface area (Å²) in [5.74, 6) is 0.727. The molecule has 5 nitrogen and oxygen atoms in total. The normalized spacial score (nSPS) is 10.1. The van der Waals surface area contributed by atoms with Crippen molar-refractivity contribution in [3.05, 3.63) is 62.7 Å². The molecule has 0 bridgehead atoms. The van der Waals surface area contributed by atoms with Crippen LogP contribution in [0.15, 0.2) is 47.1 Å². The highest BCUT2D eigenvalue weighted by molar-refractivity contribution is 9.10. The molecule has 1 N–H and O–H groups in total. The number of aromatic nitrogens is 1. The molecule has 92 valence electrons. The van der Waals surface area contributed by atoms with E-state index in [-0.39, 0.29) is 5.69 Å². The molecule has 0 aliphatic rings. The molecule has 0 amide bonds. The standard InChI is InChI=1S/C12H10BrN3O2/c13-10-4-5-12(15-8-10)14-7-9-2-1-3-11(6-9)16(17)18/h1-6,8H,7H2,(H,14,15). The second-order valence-electron chi connectivity index (χ2n) is 3.64. The van der Waals surface area contributed by atoms with Crippen LogP contribution in [0.2, 0.25) is 0 Å². The lowest BCUT2D eigenvalue weighted by atomic mass is 10.2. The summed E-state index contributed by atoms with van der Waals surface area (Å²) < 4.78 is 0.906. The summed E-state index contributed by atoms with van der Waals surface area (Å²) in [6.07, 6.45) is 1.69. The van der Waals surface area contributed by atoms with Crippen LogP contribution in [0.1, 0.15) is 5.56 Å². The maximum atomic E-state index is 10.6. The summed E-state index contributed by atoms with van der Waals surface area (Å²) in [5.41, 5.74) is 0.937. The number of hydrogen-bond donors (Lipinski definition) is 1. The van der Waals surface area contributed by atoms with Gasteiger partial charge in [-0.05, 0) is 33.6 Å². The Morgan fingerprint density at radius 1 is 1.33 bits per heavy atom. The Morgan fingerprint density at radius 3 is 2.83 bits per heavy atom. The first kappa shape index (κ1) is 12.5. The van der Waals surface area contributed by atoms with Gasteiger partial charge in [-0.25, -0.2) is 4.98 Å². The van der Waals surface area contributed by atoms with Crippen molar-refractivity contribution in [3.63, 3.8) is 0 Å². The third-order valence-corrected chi connectivity index (χ3v) is 2.79. The summed E-state index contributed by atoms with van der Waals surface area (Å²) in [6, 6.07) is 10.2. The van der Waals surface area contributed by atoms with Crippen molar-refractivity contribution in [3.8, 4) is 0 Å². The van der Waals surface area contributed by atoms with Crippen molar-refractivity contribution in [2.45, 2.75) is 6.54 Å². The molecule has 0 aliphatic heterocycles. The van der Waals surface area contributed by atoms with E-state index in [1.807, 2.05) is 18.2 Å². The minimum atomic E-state index is -0.401. The molecule has 1 aromatic carbocycles. The van der Waals surface area contributed by atoms with Crippen molar-refractivity contribution in [2.75, 3.05) is 5.32 Å². The van der Waals surface area contributed by atoms with E-state index in [2.05, 4.69) is 26.2 Å². The first-order chi connectivity index (χ1) is 8.65. The number of pyridine rings is 1. The summed E-state index contributed by atoms with van der Waals surface area (Å²) in [7, 11) is 0. The first-order valence-electron chi connectivity index (χ1n) is 5.24. The zero-order valence-electron chi connectivity index (χ0n) is 9.34. The molecule has 0 unspecified atom stereocenters. The SMILES string of the molecule is O=[N+]([O-])c1cccc(CNc2ccc(Br)cn2)c1. The largest absolute Gasteiger partial charge is 0.366 e. The topological polar surface area (TPSA) is 68.1 Å². The number of nitro benzene ring substituents is 1. The number of benzene rings is 1. The number of nitro groups is 1. The van der Waals surface area contributed by atoms with Crippen LogP contribution < -0.4 is 5.32 Å². The lowest BCUT2D eigenvalue weighted by molar-refractivity contribution is -0.384. The molecule has 0 saturated carbocycles. The van der Waals surface area contributed by atoms with Gasteiger partial charge in [0.2, 0.25) is 0 Å². The maximum Gasteiger partial charge on any atom is 0.269 e. The maximum absolute atomic E-state index is 10.6. The van der Waals surface area contributed by atoms with Gasteiger partial charge in [0.15, 0.2) is 0 Å². The fraction of sp³-hybridized carbons (Fsp3) is 0.0833. The lowest BCUT2D eigenvalue weighted by Gasteiger charge is -2.05. The summed E-state index contributed by atoms with van der Waals surface area (Å²) in [5, 5.41) is 13.7. The van der Waals surface area contributed by atoms with Gasteiger partial charge >= 0.3 is 0 Å². The van der Waals surface area contributed by atoms with Crippen LogP contribution >= 0.6 is 15.9 Å². The number of rotatable bonds is 4. The Balaban J connectivity index is 2.04. The Bertz CT molecular complexity index is 558. The van der Waals surface area contributed by atoms with Crippen LogP contribution in [0, 0.1) is 10.1 Å². The van der Waals surface area contributed by atoms with Crippen LogP contribution in [0.4, 0.5) is 11.5 Å². The van der Waals surface area contributed by atoms with Gasteiger partial charge in [-0.2, -0.15) is 0 Å². The predicted octanol–water partition coefficient (Wildman–Crippen LogP) is 3.36. The van der Waals surface area contributed by atoms with Crippen LogP contribution in [0.25, 0.3) is 0 Å². The Hall–Kier alpha value is -1.95. The lowest BCUT2D eigenvalue weighted by Crippen LogP contribution is -2.01. The molecule has 6 heteroatoms. The van der Waals surface area contributed by atoms with Crippen LogP contribution in [-0.2, 0) is 6.54 Å². The van der Waals surface area contributed by atoms with E-state index in [1.54, 1.807) is 18.3 Å². The monoisotopic (exact) mass is 307 g/mol. The summed E-state index contributed by atoms with van der Waals surface area (Å²) >= 11 is 3.30. The molecule has 0 spiro atoms. The van der Waals surface area contributed by atoms with Crippen LogP contribution in [0.5, 0.6) is 0 Å². The molecule has 2 aromatic rings. The molecule has 0 saturated heterocycles. The molecule has 1 aromatic heterocycles. The second kappa shape index (κ2) is 5.59. The molecular weight excluding hydrogens is 298 g/mol. The molecule has 2 rings (SSSR count). The van der Waals surface area contributed by atoms with Crippen LogP contribution in [-0.4, -0.2) is 9.91 Å². The zero-order valence-corrected chi connectivity index (χ0v) is 10.9. The van der Waals surface area contributed by atoms with Gasteiger partial charge in [0.1, 0.15) is 5.82 Å². The van der Waals surface area contributed by atoms with Crippen molar-refractivity contribution in [1.29, 1.82) is 0 Å². The van der Waals surface area contributed by atoms with E-state index in [1.165, 1.54) is 6.07 Å². The molecule has 0 aliphatic carbocycles. The van der Waals surface area contributed by atoms with Gasteiger partial charge in [-0.3, -0.25) is 10.1 Å². The van der Waals surface area contributed by atoms with E-state index in [4.69, 9.17) is 0 Å². The quantitative estimate of drug-likeness (QED) is 0.694. The van der Waals surface area contributed by atoms with E-state index < -0.39 is 4.92 Å². The second-order valence-corrected chi connectivity index (χ2v) is 4.56. The smallest absolute Gasteiger partial charge is 0.269 e. The zero-order chi connectivity index (χ0) is 13.0. The number of non-ortho nitro benzene ring substituents is 1. The highest BCUT2D eigenvalue weighted by Crippen LogP contribution is 2.15. The number of anilines is 1. The van der Waals surface area contributed by atoms with Gasteiger partial charge in [0, 0.05) is 29.3 Å². The summed E-state index contributed by atoms with van der Waals surface area (Å²) in [4.78, 5) is 14.4. The van der Waals surface area contributed by atoms with E-state index in [0.29, 0.717) is 6.54 Å². The van der Waals surface area contributed by atoms with Crippen molar-refractivity contribution in [1.82, 2.24) is 4.98 Å². The number of halogens is 1. The fourth-order valence-electron chi connectivity index (χ4n) is 1.45. The van der Waals surface area contributed by atoms with Crippen molar-refractivity contribution in [2.24, 2.45) is 0 Å². The Labute approximate surface area is 112 Å². The molecule has 1 heterocycles. The number of nitrogens with zero attached hydrogens (tertiary/aromatic N) is 2. The highest BCUT2D eigenvalue weighted by atomic mass is 79.9. The van der Waals surface area contributed by atoms with Gasteiger partial charge in [0.05, 0.1) is 4.92 Å². The molecule has 0 atom stereocenters. The van der Waals surface area contributed by atoms with E-state index in [9.17, 15) is 10.1 Å². The average molecular weight is 308 g/mol. The minimum Gasteiger partial charge on any atom is -0.366 e. The molecular formula is C12H10BrN3O2. The van der Waals surface area contributed by atoms with E-state index in [0.717, 1.165) is 15.9 Å². The average Bonchev–Trinajstić information content (AvgIpc) is 2.38. The summed E-state index contributed by atoms with van der Waals surface area (Å²) in [6.45, 7) is 0.496. The van der Waals surface area contributed by atoms with Crippen molar-refractivity contribution < 1.29 is 4.92 Å².